The summed E-state index contributed by atoms with van der Waals surface area (Å²) in [6.45, 7) is 4.32. The van der Waals surface area contributed by atoms with E-state index in [9.17, 15) is 9.59 Å². The number of cyclic esters (lactones) is 1. The summed E-state index contributed by atoms with van der Waals surface area (Å²) in [6.07, 6.45) is 0.612. The molecule has 0 spiro atoms. The number of thioether (sulfide) groups is 1. The average Bonchev–Trinajstić information content (AvgIpc) is 3.13. The van der Waals surface area contributed by atoms with Crippen molar-refractivity contribution in [3.05, 3.63) is 50.1 Å². The third-order valence-corrected chi connectivity index (χ3v) is 6.94. The Bertz CT molecular complexity index is 1070. The fraction of sp³-hybridized carbons (Fsp3) is 0.278. The molecule has 4 rings (SSSR count). The van der Waals surface area contributed by atoms with E-state index in [0.29, 0.717) is 39.1 Å². The highest BCUT2D eigenvalue weighted by molar-refractivity contribution is 8.00. The van der Waals surface area contributed by atoms with E-state index in [1.165, 1.54) is 23.1 Å². The molecule has 0 unspecified atom stereocenters. The van der Waals surface area contributed by atoms with Gasteiger partial charge in [-0.1, -0.05) is 23.4 Å². The first-order chi connectivity index (χ1) is 12.5. The van der Waals surface area contributed by atoms with Gasteiger partial charge < -0.3 is 4.74 Å². The van der Waals surface area contributed by atoms with Gasteiger partial charge in [0.15, 0.2) is 5.16 Å². The van der Waals surface area contributed by atoms with Gasteiger partial charge in [0.1, 0.15) is 10.1 Å². The number of esters is 1. The van der Waals surface area contributed by atoms with Crippen molar-refractivity contribution in [1.82, 2.24) is 9.55 Å². The van der Waals surface area contributed by atoms with Crippen molar-refractivity contribution in [2.75, 3.05) is 6.61 Å². The lowest BCUT2D eigenvalue weighted by molar-refractivity contribution is -0.137. The van der Waals surface area contributed by atoms with Crippen LogP contribution in [0.15, 0.2) is 34.2 Å². The summed E-state index contributed by atoms with van der Waals surface area (Å²) in [5.74, 6) is -0.259. The first-order valence-electron chi connectivity index (χ1n) is 8.07. The van der Waals surface area contributed by atoms with Crippen LogP contribution in [0.25, 0.3) is 15.9 Å². The maximum absolute atomic E-state index is 13.3. The molecule has 1 aliphatic rings. The fourth-order valence-corrected chi connectivity index (χ4v) is 5.16. The van der Waals surface area contributed by atoms with E-state index < -0.39 is 0 Å². The number of aryl methyl sites for hydroxylation is 2. The van der Waals surface area contributed by atoms with E-state index in [1.807, 2.05) is 13.8 Å². The Kier molecular flexibility index (Phi) is 4.54. The van der Waals surface area contributed by atoms with Crippen molar-refractivity contribution in [1.29, 1.82) is 0 Å². The Labute approximate surface area is 163 Å². The molecule has 1 saturated heterocycles. The predicted octanol–water partition coefficient (Wildman–Crippen LogP) is 4.13. The highest BCUT2D eigenvalue weighted by atomic mass is 35.5. The van der Waals surface area contributed by atoms with Crippen molar-refractivity contribution in [3.8, 4) is 5.69 Å². The molecule has 2 aromatic heterocycles. The average molecular weight is 407 g/mol. The minimum atomic E-state index is -0.347. The summed E-state index contributed by atoms with van der Waals surface area (Å²) in [7, 11) is 0. The van der Waals surface area contributed by atoms with Crippen LogP contribution in [0, 0.1) is 13.8 Å². The number of hydrogen-bond acceptors (Lipinski definition) is 6. The van der Waals surface area contributed by atoms with Gasteiger partial charge in [0, 0.05) is 16.3 Å². The molecule has 26 heavy (non-hydrogen) atoms. The molecular formula is C18H15ClN2O3S2. The maximum Gasteiger partial charge on any atom is 0.319 e. The molecule has 134 valence electrons. The van der Waals surface area contributed by atoms with Gasteiger partial charge >= 0.3 is 5.97 Å². The van der Waals surface area contributed by atoms with Crippen LogP contribution in [0.3, 0.4) is 0 Å². The number of rotatable bonds is 3. The van der Waals surface area contributed by atoms with Crippen molar-refractivity contribution >= 4 is 50.9 Å². The van der Waals surface area contributed by atoms with E-state index in [0.717, 1.165) is 10.4 Å². The minimum absolute atomic E-state index is 0.131. The van der Waals surface area contributed by atoms with Gasteiger partial charge in [-0.25, -0.2) is 4.98 Å². The molecule has 8 heteroatoms. The standard InChI is InChI=1S/C18H15ClN2O3S2/c1-9-10(2)25-15-14(9)16(22)21(12-5-3-11(19)4-6-12)18(20-15)26-13-7-8-24-17(13)23/h3-6,13H,7-8H2,1-2H3/t13-/m1/s1. The lowest BCUT2D eigenvalue weighted by Gasteiger charge is -2.14. The van der Waals surface area contributed by atoms with Crippen molar-refractivity contribution in [2.45, 2.75) is 30.7 Å². The number of thiophene rings is 1. The highest BCUT2D eigenvalue weighted by Crippen LogP contribution is 2.33. The van der Waals surface area contributed by atoms with Crippen LogP contribution in [0.4, 0.5) is 0 Å². The molecule has 0 N–H and O–H groups in total. The van der Waals surface area contributed by atoms with Gasteiger partial charge in [-0.3, -0.25) is 14.2 Å². The van der Waals surface area contributed by atoms with Crippen LogP contribution in [0.1, 0.15) is 16.9 Å². The first-order valence-corrected chi connectivity index (χ1v) is 10.1. The predicted molar refractivity (Wildman–Crippen MR) is 105 cm³/mol. The van der Waals surface area contributed by atoms with E-state index in [-0.39, 0.29) is 16.8 Å². The van der Waals surface area contributed by atoms with Gasteiger partial charge in [0.2, 0.25) is 0 Å². The number of nitrogens with zero attached hydrogens (tertiary/aromatic N) is 2. The van der Waals surface area contributed by atoms with Gasteiger partial charge in [-0.15, -0.1) is 11.3 Å². The van der Waals surface area contributed by atoms with Gasteiger partial charge in [0.05, 0.1) is 17.7 Å². The number of fused-ring (bicyclic) bond motifs is 1. The Morgan fingerprint density at radius 1 is 1.27 bits per heavy atom. The molecular weight excluding hydrogens is 392 g/mol. The van der Waals surface area contributed by atoms with Crippen LogP contribution in [-0.4, -0.2) is 27.4 Å². The number of halogens is 1. The van der Waals surface area contributed by atoms with E-state index in [4.69, 9.17) is 21.3 Å². The smallest absolute Gasteiger partial charge is 0.319 e. The van der Waals surface area contributed by atoms with Crippen LogP contribution in [0.2, 0.25) is 5.02 Å². The Morgan fingerprint density at radius 2 is 2.00 bits per heavy atom. The molecule has 1 aliphatic heterocycles. The molecule has 0 aliphatic carbocycles. The van der Waals surface area contributed by atoms with Gasteiger partial charge in [-0.05, 0) is 43.7 Å². The Morgan fingerprint density at radius 3 is 2.65 bits per heavy atom. The number of aromatic nitrogens is 2. The lowest BCUT2D eigenvalue weighted by Crippen LogP contribution is -2.23. The summed E-state index contributed by atoms with van der Waals surface area (Å²) in [4.78, 5) is 31.7. The summed E-state index contributed by atoms with van der Waals surface area (Å²) in [6, 6.07) is 7.03. The third-order valence-electron chi connectivity index (χ3n) is 4.39. The van der Waals surface area contributed by atoms with Crippen molar-refractivity contribution < 1.29 is 9.53 Å². The fourth-order valence-electron chi connectivity index (χ4n) is 2.88. The number of benzene rings is 1. The molecule has 3 heterocycles. The van der Waals surface area contributed by atoms with Crippen LogP contribution < -0.4 is 5.56 Å². The monoisotopic (exact) mass is 406 g/mol. The SMILES string of the molecule is Cc1sc2nc(S[C@@H]3CCOC3=O)n(-c3ccc(Cl)cc3)c(=O)c2c1C. The van der Waals surface area contributed by atoms with Crippen LogP contribution in [0.5, 0.6) is 0 Å². The number of hydrogen-bond donors (Lipinski definition) is 0. The van der Waals surface area contributed by atoms with E-state index in [1.54, 1.807) is 28.8 Å². The second kappa shape index (κ2) is 6.72. The zero-order valence-corrected chi connectivity index (χ0v) is 16.5. The number of ether oxygens (including phenoxy) is 1. The Hall–Kier alpha value is -1.83. The molecule has 5 nitrogen and oxygen atoms in total. The number of carbonyl (C=O) groups excluding carboxylic acids is 1. The molecule has 0 bridgehead atoms. The molecule has 3 aromatic rings. The maximum atomic E-state index is 13.3. The molecule has 0 radical (unpaired) electrons. The number of carbonyl (C=O) groups is 1. The van der Waals surface area contributed by atoms with Crippen LogP contribution >= 0.6 is 34.7 Å². The lowest BCUT2D eigenvalue weighted by atomic mass is 10.2. The largest absolute Gasteiger partial charge is 0.465 e. The molecule has 0 saturated carbocycles. The zero-order chi connectivity index (χ0) is 18.4. The minimum Gasteiger partial charge on any atom is -0.465 e. The highest BCUT2D eigenvalue weighted by Gasteiger charge is 2.30. The second-order valence-electron chi connectivity index (χ2n) is 6.04. The van der Waals surface area contributed by atoms with Gasteiger partial charge in [0.25, 0.3) is 5.56 Å². The molecule has 1 atom stereocenters. The summed E-state index contributed by atoms with van der Waals surface area (Å²) in [5.41, 5.74) is 1.49. The summed E-state index contributed by atoms with van der Waals surface area (Å²) < 4.78 is 6.61. The third kappa shape index (κ3) is 2.94. The molecule has 0 amide bonds. The second-order valence-corrected chi connectivity index (χ2v) is 8.85. The quantitative estimate of drug-likeness (QED) is 0.483. The van der Waals surface area contributed by atoms with Crippen molar-refractivity contribution in [2.24, 2.45) is 0 Å². The molecule has 1 aromatic carbocycles. The Balaban J connectivity index is 1.95. The first kappa shape index (κ1) is 17.6. The summed E-state index contributed by atoms with van der Waals surface area (Å²) >= 11 is 8.77. The normalized spacial score (nSPS) is 17.0. The topological polar surface area (TPSA) is 61.2 Å². The molecule has 1 fully saturated rings. The van der Waals surface area contributed by atoms with Gasteiger partial charge in [-0.2, -0.15) is 0 Å². The van der Waals surface area contributed by atoms with Crippen molar-refractivity contribution in [3.63, 3.8) is 0 Å². The van der Waals surface area contributed by atoms with E-state index >= 15 is 0 Å². The van der Waals surface area contributed by atoms with Crippen LogP contribution in [-0.2, 0) is 9.53 Å². The van der Waals surface area contributed by atoms with E-state index in [2.05, 4.69) is 0 Å². The summed E-state index contributed by atoms with van der Waals surface area (Å²) in [5, 5.41) is 1.36. The zero-order valence-electron chi connectivity index (χ0n) is 14.1.